The van der Waals surface area contributed by atoms with Crippen LogP contribution in [0.4, 0.5) is 0 Å². The Hall–Kier alpha value is -3.88. The first-order valence-electron chi connectivity index (χ1n) is 11.3. The standard InChI is InChI=1S/C26H20N4O4/c1-26-23(33-2)20(28-32)25(34-26)29-15-9-5-3-7-12(15)18-19-14(11-27-24(19)31)17-13-8-4-6-10-16(13)30(26)22(17)21(18)29/h3-10,23,25,32H,11H2,1-2H3,(H,27,31)/b28-20-/t23-,25-,26+/m0/s1. The molecule has 2 aromatic heterocycles. The molecule has 3 aromatic carbocycles. The van der Waals surface area contributed by atoms with E-state index in [2.05, 4.69) is 31.7 Å². The maximum absolute atomic E-state index is 13.2. The average molecular weight is 452 g/mol. The summed E-state index contributed by atoms with van der Waals surface area (Å²) in [5.41, 5.74) is 4.96. The van der Waals surface area contributed by atoms with E-state index < -0.39 is 18.1 Å². The minimum absolute atomic E-state index is 0.0658. The first kappa shape index (κ1) is 18.5. The average Bonchev–Trinajstić information content (AvgIpc) is 3.54. The van der Waals surface area contributed by atoms with Crippen molar-refractivity contribution in [1.82, 2.24) is 14.5 Å². The van der Waals surface area contributed by atoms with E-state index in [1.807, 2.05) is 43.3 Å². The summed E-state index contributed by atoms with van der Waals surface area (Å²) in [7, 11) is 1.61. The molecule has 3 aliphatic heterocycles. The Morgan fingerprint density at radius 3 is 2.53 bits per heavy atom. The highest BCUT2D eigenvalue weighted by molar-refractivity contribution is 6.31. The molecule has 1 amide bonds. The van der Waals surface area contributed by atoms with Crippen LogP contribution in [0.3, 0.4) is 0 Å². The monoisotopic (exact) mass is 452 g/mol. The molecule has 168 valence electrons. The third kappa shape index (κ3) is 1.77. The summed E-state index contributed by atoms with van der Waals surface area (Å²) < 4.78 is 17.0. The molecule has 8 rings (SSSR count). The van der Waals surface area contributed by atoms with Crippen molar-refractivity contribution in [3.63, 3.8) is 0 Å². The van der Waals surface area contributed by atoms with Crippen molar-refractivity contribution >= 4 is 55.2 Å². The second kappa shape index (κ2) is 5.78. The van der Waals surface area contributed by atoms with Crippen LogP contribution in [-0.2, 0) is 21.7 Å². The van der Waals surface area contributed by atoms with Crippen LogP contribution in [-0.4, -0.2) is 39.2 Å². The molecule has 8 nitrogen and oxygen atoms in total. The summed E-state index contributed by atoms with van der Waals surface area (Å²) >= 11 is 0. The number of methoxy groups -OCH3 is 1. The molecule has 0 spiro atoms. The largest absolute Gasteiger partial charge is 0.411 e. The van der Waals surface area contributed by atoms with E-state index in [4.69, 9.17) is 9.47 Å². The van der Waals surface area contributed by atoms with Gasteiger partial charge in [0.15, 0.2) is 18.1 Å². The third-order valence-corrected chi connectivity index (χ3v) is 7.90. The molecule has 0 saturated carbocycles. The first-order chi connectivity index (χ1) is 16.6. The molecule has 0 aliphatic carbocycles. The van der Waals surface area contributed by atoms with Gasteiger partial charge in [-0.25, -0.2) is 0 Å². The maximum Gasteiger partial charge on any atom is 0.252 e. The number of nitrogens with zero attached hydrogens (tertiary/aromatic N) is 3. The predicted octanol–water partition coefficient (Wildman–Crippen LogP) is 4.21. The minimum atomic E-state index is -0.973. The van der Waals surface area contributed by atoms with Gasteiger partial charge in [-0.05, 0) is 24.6 Å². The number of hydrogen-bond donors (Lipinski definition) is 2. The molecule has 2 bridgehead atoms. The van der Waals surface area contributed by atoms with Crippen LogP contribution in [0.25, 0.3) is 43.6 Å². The molecule has 3 atom stereocenters. The summed E-state index contributed by atoms with van der Waals surface area (Å²) in [6.45, 7) is 2.46. The van der Waals surface area contributed by atoms with Gasteiger partial charge in [0, 0.05) is 35.2 Å². The van der Waals surface area contributed by atoms with Gasteiger partial charge in [-0.3, -0.25) is 4.79 Å². The van der Waals surface area contributed by atoms with Crippen LogP contribution in [0.5, 0.6) is 0 Å². The highest BCUT2D eigenvalue weighted by Gasteiger charge is 2.57. The topological polar surface area (TPSA) is 90.0 Å². The van der Waals surface area contributed by atoms with Gasteiger partial charge in [-0.1, -0.05) is 41.6 Å². The van der Waals surface area contributed by atoms with Gasteiger partial charge < -0.3 is 29.1 Å². The van der Waals surface area contributed by atoms with E-state index in [1.54, 1.807) is 7.11 Å². The fourth-order valence-corrected chi connectivity index (χ4v) is 6.73. The lowest BCUT2D eigenvalue weighted by Crippen LogP contribution is -2.43. The van der Waals surface area contributed by atoms with Gasteiger partial charge in [0.2, 0.25) is 0 Å². The molecule has 3 aliphatic rings. The van der Waals surface area contributed by atoms with Crippen LogP contribution >= 0.6 is 0 Å². The van der Waals surface area contributed by atoms with Crippen molar-refractivity contribution in [2.45, 2.75) is 31.5 Å². The molecule has 5 heterocycles. The zero-order valence-electron chi connectivity index (χ0n) is 18.5. The molecular formula is C26H20N4O4. The number of benzene rings is 3. The smallest absolute Gasteiger partial charge is 0.252 e. The second-order valence-electron chi connectivity index (χ2n) is 9.39. The molecule has 0 unspecified atom stereocenters. The van der Waals surface area contributed by atoms with Crippen molar-refractivity contribution in [2.24, 2.45) is 5.16 Å². The van der Waals surface area contributed by atoms with Crippen molar-refractivity contribution in [1.29, 1.82) is 0 Å². The number of aromatic nitrogens is 2. The van der Waals surface area contributed by atoms with Crippen molar-refractivity contribution in [3.8, 4) is 0 Å². The SMILES string of the molecule is CO[C@H]1/C(=N/O)[C@@H]2O[C@@]1(C)n1c3ccccc3c3c4c(c5c6ccccc6n2c5c31)C(=O)NC4. The number of para-hydroxylation sites is 2. The number of carbonyl (C=O) groups excluding carboxylic acids is 1. The van der Waals surface area contributed by atoms with Gasteiger partial charge in [0.05, 0.1) is 27.6 Å². The molecular weight excluding hydrogens is 432 g/mol. The molecule has 1 saturated heterocycles. The number of rotatable bonds is 1. The van der Waals surface area contributed by atoms with E-state index in [9.17, 15) is 10.0 Å². The number of amides is 1. The third-order valence-electron chi connectivity index (χ3n) is 7.90. The number of fused-ring (bicyclic) bond motifs is 13. The van der Waals surface area contributed by atoms with Crippen molar-refractivity contribution < 1.29 is 19.5 Å². The summed E-state index contributed by atoms with van der Waals surface area (Å²) in [6, 6.07) is 16.2. The Labute approximate surface area is 192 Å². The lowest BCUT2D eigenvalue weighted by atomic mass is 9.96. The van der Waals surface area contributed by atoms with E-state index in [0.29, 0.717) is 17.8 Å². The summed E-state index contributed by atoms with van der Waals surface area (Å²) in [5, 5.41) is 20.9. The molecule has 5 aromatic rings. The van der Waals surface area contributed by atoms with E-state index in [-0.39, 0.29) is 5.91 Å². The molecule has 8 heteroatoms. The fourth-order valence-electron chi connectivity index (χ4n) is 6.73. The lowest BCUT2D eigenvalue weighted by molar-refractivity contribution is -0.142. The van der Waals surface area contributed by atoms with E-state index >= 15 is 0 Å². The van der Waals surface area contributed by atoms with Gasteiger partial charge in [0.1, 0.15) is 5.71 Å². The predicted molar refractivity (Wildman–Crippen MR) is 127 cm³/mol. The highest BCUT2D eigenvalue weighted by atomic mass is 16.6. The van der Waals surface area contributed by atoms with Crippen LogP contribution < -0.4 is 5.32 Å². The van der Waals surface area contributed by atoms with Crippen molar-refractivity contribution in [2.75, 3.05) is 7.11 Å². The lowest BCUT2D eigenvalue weighted by Gasteiger charge is -2.31. The Morgan fingerprint density at radius 1 is 1.09 bits per heavy atom. The summed E-state index contributed by atoms with van der Waals surface area (Å²) in [6.07, 6.45) is -1.30. The summed E-state index contributed by atoms with van der Waals surface area (Å²) in [5.74, 6) is -0.0658. The number of hydrogen-bond acceptors (Lipinski definition) is 5. The van der Waals surface area contributed by atoms with Crippen LogP contribution in [0.2, 0.25) is 0 Å². The minimum Gasteiger partial charge on any atom is -0.411 e. The van der Waals surface area contributed by atoms with Crippen LogP contribution in [0, 0.1) is 0 Å². The number of carbonyl (C=O) groups is 1. The molecule has 2 N–H and O–H groups in total. The number of oxime groups is 1. The Bertz CT molecular complexity index is 1800. The van der Waals surface area contributed by atoms with Crippen molar-refractivity contribution in [3.05, 3.63) is 59.7 Å². The van der Waals surface area contributed by atoms with E-state index in [1.165, 1.54) is 0 Å². The normalized spacial score (nSPS) is 26.4. The highest BCUT2D eigenvalue weighted by Crippen LogP contribution is 2.54. The van der Waals surface area contributed by atoms with Crippen LogP contribution in [0.15, 0.2) is 53.7 Å². The molecule has 34 heavy (non-hydrogen) atoms. The maximum atomic E-state index is 13.2. The van der Waals surface area contributed by atoms with Gasteiger partial charge >= 0.3 is 0 Å². The molecule has 1 fully saturated rings. The summed E-state index contributed by atoms with van der Waals surface area (Å²) in [4.78, 5) is 13.2. The van der Waals surface area contributed by atoms with Gasteiger partial charge in [-0.2, -0.15) is 0 Å². The second-order valence-corrected chi connectivity index (χ2v) is 9.39. The number of nitrogens with one attached hydrogen (secondary N) is 1. The zero-order valence-corrected chi connectivity index (χ0v) is 18.5. The first-order valence-corrected chi connectivity index (χ1v) is 11.3. The quantitative estimate of drug-likeness (QED) is 0.295. The van der Waals surface area contributed by atoms with E-state index in [0.717, 1.165) is 49.2 Å². The fraction of sp³-hybridized carbons (Fsp3) is 0.231. The van der Waals surface area contributed by atoms with Gasteiger partial charge in [0.25, 0.3) is 5.91 Å². The van der Waals surface area contributed by atoms with Gasteiger partial charge in [-0.15, -0.1) is 0 Å². The Morgan fingerprint density at radius 2 is 1.79 bits per heavy atom. The zero-order chi connectivity index (χ0) is 22.9. The Kier molecular flexibility index (Phi) is 3.15. The van der Waals surface area contributed by atoms with Crippen LogP contribution in [0.1, 0.15) is 29.1 Å². The molecule has 0 radical (unpaired) electrons. The number of ether oxygens (including phenoxy) is 2. The Balaban J connectivity index is 1.78.